The predicted octanol–water partition coefficient (Wildman–Crippen LogP) is 2.45. The number of carboxylic acids is 1. The molecule has 0 aliphatic carbocycles. The average molecular weight is 234 g/mol. The fraction of sp³-hybridized carbons (Fsp3) is 0.0909. The van der Waals surface area contributed by atoms with Gasteiger partial charge in [-0.25, -0.2) is 9.78 Å². The van der Waals surface area contributed by atoms with Gasteiger partial charge in [0.1, 0.15) is 5.69 Å². The number of pyridine rings is 1. The van der Waals surface area contributed by atoms with Crippen LogP contribution in [0.25, 0.3) is 0 Å². The quantitative estimate of drug-likeness (QED) is 0.853. The molecule has 0 atom stereocenters. The van der Waals surface area contributed by atoms with E-state index in [2.05, 4.69) is 10.3 Å². The third kappa shape index (κ3) is 2.58. The van der Waals surface area contributed by atoms with Gasteiger partial charge in [-0.3, -0.25) is 0 Å². The molecule has 16 heavy (non-hydrogen) atoms. The lowest BCUT2D eigenvalue weighted by atomic mass is 10.3. The maximum Gasteiger partial charge on any atom is 0.354 e. The summed E-state index contributed by atoms with van der Waals surface area (Å²) in [5.74, 6) is -1.01. The number of thiophene rings is 1. The van der Waals surface area contributed by atoms with E-state index >= 15 is 0 Å². The second-order valence-electron chi connectivity index (χ2n) is 3.22. The van der Waals surface area contributed by atoms with Crippen molar-refractivity contribution in [3.8, 4) is 0 Å². The Morgan fingerprint density at radius 2 is 2.38 bits per heavy atom. The summed E-state index contributed by atoms with van der Waals surface area (Å²) in [5.41, 5.74) is 1.99. The number of anilines is 1. The number of aromatic carboxylic acids is 1. The Labute approximate surface area is 96.6 Å². The number of carboxylic acid groups (broad SMARTS) is 1. The van der Waals surface area contributed by atoms with Gasteiger partial charge in [0.05, 0.1) is 0 Å². The van der Waals surface area contributed by atoms with Crippen LogP contribution in [0.15, 0.2) is 35.2 Å². The van der Waals surface area contributed by atoms with Crippen molar-refractivity contribution in [1.82, 2.24) is 4.98 Å². The van der Waals surface area contributed by atoms with Gasteiger partial charge < -0.3 is 10.4 Å². The van der Waals surface area contributed by atoms with Crippen LogP contribution in [0.4, 0.5) is 5.69 Å². The van der Waals surface area contributed by atoms with Gasteiger partial charge in [0, 0.05) is 18.4 Å². The van der Waals surface area contributed by atoms with Gasteiger partial charge >= 0.3 is 5.97 Å². The molecule has 4 nitrogen and oxygen atoms in total. The van der Waals surface area contributed by atoms with Crippen molar-refractivity contribution in [1.29, 1.82) is 0 Å². The number of carbonyl (C=O) groups is 1. The molecule has 0 spiro atoms. The molecule has 0 amide bonds. The summed E-state index contributed by atoms with van der Waals surface area (Å²) in [6.07, 6.45) is 1.49. The number of aromatic nitrogens is 1. The summed E-state index contributed by atoms with van der Waals surface area (Å²) in [6.45, 7) is 0.687. The molecule has 0 unspecified atom stereocenters. The molecular formula is C11H10N2O2S. The van der Waals surface area contributed by atoms with Crippen molar-refractivity contribution in [2.24, 2.45) is 0 Å². The van der Waals surface area contributed by atoms with Crippen LogP contribution in [0.1, 0.15) is 16.1 Å². The molecule has 0 aliphatic heterocycles. The summed E-state index contributed by atoms with van der Waals surface area (Å²) >= 11 is 1.64. The zero-order valence-corrected chi connectivity index (χ0v) is 9.20. The topological polar surface area (TPSA) is 62.2 Å². The van der Waals surface area contributed by atoms with E-state index in [0.29, 0.717) is 6.54 Å². The number of nitrogens with one attached hydrogen (secondary N) is 1. The molecule has 0 bridgehead atoms. The summed E-state index contributed by atoms with van der Waals surface area (Å²) in [5, 5.41) is 16.0. The first kappa shape index (κ1) is 10.6. The van der Waals surface area contributed by atoms with E-state index in [0.717, 1.165) is 5.69 Å². The van der Waals surface area contributed by atoms with E-state index in [1.54, 1.807) is 17.4 Å². The molecule has 2 aromatic rings. The molecule has 0 fully saturated rings. The highest BCUT2D eigenvalue weighted by Gasteiger charge is 2.04. The van der Waals surface area contributed by atoms with E-state index in [-0.39, 0.29) is 5.69 Å². The molecule has 2 rings (SSSR count). The van der Waals surface area contributed by atoms with Crippen LogP contribution in [0.2, 0.25) is 0 Å². The lowest BCUT2D eigenvalue weighted by molar-refractivity contribution is 0.0690. The first-order valence-corrected chi connectivity index (χ1v) is 5.64. The third-order valence-electron chi connectivity index (χ3n) is 2.06. The second kappa shape index (κ2) is 4.76. The van der Waals surface area contributed by atoms with Crippen LogP contribution in [-0.2, 0) is 6.54 Å². The molecular weight excluding hydrogens is 224 g/mol. The molecule has 0 saturated carbocycles. The summed E-state index contributed by atoms with van der Waals surface area (Å²) in [4.78, 5) is 14.4. The minimum absolute atomic E-state index is 0.0512. The van der Waals surface area contributed by atoms with Crippen LogP contribution in [0, 0.1) is 0 Å². The van der Waals surface area contributed by atoms with Crippen molar-refractivity contribution < 1.29 is 9.90 Å². The van der Waals surface area contributed by atoms with Crippen LogP contribution in [-0.4, -0.2) is 16.1 Å². The molecule has 2 N–H and O–H groups in total. The SMILES string of the molecule is O=C(O)c1cc(NCc2ccsc2)ccn1. The first-order chi connectivity index (χ1) is 7.75. The molecule has 0 radical (unpaired) electrons. The third-order valence-corrected chi connectivity index (χ3v) is 2.79. The molecule has 82 valence electrons. The van der Waals surface area contributed by atoms with Gasteiger partial charge in [0.15, 0.2) is 0 Å². The van der Waals surface area contributed by atoms with Crippen molar-refractivity contribution in [3.05, 3.63) is 46.4 Å². The number of hydrogen-bond donors (Lipinski definition) is 2. The van der Waals surface area contributed by atoms with Gasteiger partial charge in [0.2, 0.25) is 0 Å². The zero-order chi connectivity index (χ0) is 11.4. The van der Waals surface area contributed by atoms with Gasteiger partial charge in [-0.1, -0.05) is 0 Å². The highest BCUT2D eigenvalue weighted by Crippen LogP contribution is 2.11. The fourth-order valence-corrected chi connectivity index (χ4v) is 1.92. The zero-order valence-electron chi connectivity index (χ0n) is 8.38. The van der Waals surface area contributed by atoms with E-state index < -0.39 is 5.97 Å². The second-order valence-corrected chi connectivity index (χ2v) is 4.00. The van der Waals surface area contributed by atoms with Gasteiger partial charge in [-0.2, -0.15) is 11.3 Å². The molecule has 5 heteroatoms. The van der Waals surface area contributed by atoms with Crippen molar-refractivity contribution >= 4 is 23.0 Å². The van der Waals surface area contributed by atoms with Crippen LogP contribution in [0.3, 0.4) is 0 Å². The lowest BCUT2D eigenvalue weighted by Crippen LogP contribution is -2.03. The van der Waals surface area contributed by atoms with Crippen LogP contribution in [0.5, 0.6) is 0 Å². The van der Waals surface area contributed by atoms with Crippen molar-refractivity contribution in [3.63, 3.8) is 0 Å². The van der Waals surface area contributed by atoms with Gasteiger partial charge in [-0.15, -0.1) is 0 Å². The first-order valence-electron chi connectivity index (χ1n) is 4.70. The largest absolute Gasteiger partial charge is 0.477 e. The summed E-state index contributed by atoms with van der Waals surface area (Å²) in [7, 11) is 0. The monoisotopic (exact) mass is 234 g/mol. The van der Waals surface area contributed by atoms with E-state index in [9.17, 15) is 4.79 Å². The smallest absolute Gasteiger partial charge is 0.354 e. The van der Waals surface area contributed by atoms with Gasteiger partial charge in [0.25, 0.3) is 0 Å². The van der Waals surface area contributed by atoms with E-state index in [1.807, 2.05) is 16.8 Å². The predicted molar refractivity (Wildman–Crippen MR) is 62.8 cm³/mol. The molecule has 0 aromatic carbocycles. The highest BCUT2D eigenvalue weighted by molar-refractivity contribution is 7.07. The van der Waals surface area contributed by atoms with E-state index in [4.69, 9.17) is 5.11 Å². The van der Waals surface area contributed by atoms with Crippen LogP contribution < -0.4 is 5.32 Å². The Hall–Kier alpha value is -1.88. The Balaban J connectivity index is 2.04. The Bertz CT molecular complexity index is 482. The lowest BCUT2D eigenvalue weighted by Gasteiger charge is -2.05. The minimum Gasteiger partial charge on any atom is -0.477 e. The standard InChI is InChI=1S/C11H10N2O2S/c14-11(15)10-5-9(1-3-12-10)13-6-8-2-4-16-7-8/h1-5,7H,6H2,(H,12,13)(H,14,15). The average Bonchev–Trinajstić information content (AvgIpc) is 2.79. The van der Waals surface area contributed by atoms with E-state index in [1.165, 1.54) is 17.8 Å². The van der Waals surface area contributed by atoms with Crippen molar-refractivity contribution in [2.75, 3.05) is 5.32 Å². The molecule has 0 aliphatic rings. The fourth-order valence-electron chi connectivity index (χ4n) is 1.25. The normalized spacial score (nSPS) is 10.0. The Morgan fingerprint density at radius 3 is 3.06 bits per heavy atom. The van der Waals surface area contributed by atoms with Crippen molar-refractivity contribution in [2.45, 2.75) is 6.54 Å². The van der Waals surface area contributed by atoms with Gasteiger partial charge in [-0.05, 0) is 34.5 Å². The minimum atomic E-state index is -1.01. The maximum absolute atomic E-state index is 10.7. The molecule has 2 heterocycles. The highest BCUT2D eigenvalue weighted by atomic mass is 32.1. The molecule has 0 saturated heterocycles. The summed E-state index contributed by atoms with van der Waals surface area (Å²) in [6, 6.07) is 5.30. The number of hydrogen-bond acceptors (Lipinski definition) is 4. The van der Waals surface area contributed by atoms with Crippen LogP contribution >= 0.6 is 11.3 Å². The number of nitrogens with zero attached hydrogens (tertiary/aromatic N) is 1. The maximum atomic E-state index is 10.7. The summed E-state index contributed by atoms with van der Waals surface area (Å²) < 4.78 is 0. The Morgan fingerprint density at radius 1 is 1.50 bits per heavy atom. The Kier molecular flexibility index (Phi) is 3.16. The molecule has 2 aromatic heterocycles. The number of rotatable bonds is 4.